The third-order valence-electron chi connectivity index (χ3n) is 16.3. The molecule has 0 saturated carbocycles. The number of aromatic nitrogens is 6. The number of hydrogen-bond acceptors (Lipinski definition) is 15. The molecule has 4 aliphatic rings. The average molecular weight is 1250 g/mol. The minimum Gasteiger partial charge on any atom is -0.507 e. The van der Waals surface area contributed by atoms with E-state index < -0.39 is 123 Å². The number of nitrogens with zero attached hydrogens (tertiary/aromatic N) is 10. The molecule has 88 heavy (non-hydrogen) atoms. The summed E-state index contributed by atoms with van der Waals surface area (Å²) in [5.74, 6) is -11.0. The first kappa shape index (κ1) is 60.6. The number of halogens is 6. The number of hydrogen-bond donors (Lipinski definition) is 2. The smallest absolute Gasteiger partial charge is 0.354 e. The maximum Gasteiger partial charge on any atom is 0.354 e. The van der Waals surface area contributed by atoms with Crippen LogP contribution in [0.4, 0.5) is 38.0 Å². The second kappa shape index (κ2) is 22.9. The zero-order valence-electron chi connectivity index (χ0n) is 48.2. The van der Waals surface area contributed by atoms with E-state index in [2.05, 4.69) is 33.1 Å². The average Bonchev–Trinajstić information content (AvgIpc) is 1.23. The molecule has 456 valence electrons. The minimum atomic E-state index is -4.69. The first-order valence-corrected chi connectivity index (χ1v) is 30.5. The number of phenolic OH excluding ortho intramolecular Hbond substituents is 2. The summed E-state index contributed by atoms with van der Waals surface area (Å²) in [6, 6.07) is 8.23. The molecule has 8 aromatic rings. The van der Waals surface area contributed by atoms with E-state index in [9.17, 15) is 37.8 Å². The molecule has 0 radical (unpaired) electrons. The van der Waals surface area contributed by atoms with Crippen molar-refractivity contribution in [2.45, 2.75) is 75.3 Å². The summed E-state index contributed by atoms with van der Waals surface area (Å²) in [5.41, 5.74) is -3.97. The van der Waals surface area contributed by atoms with Crippen LogP contribution in [-0.4, -0.2) is 132 Å². The molecule has 12 rings (SSSR count). The number of anilines is 2. The lowest BCUT2D eigenvalue weighted by Gasteiger charge is -2.41. The fourth-order valence-electron chi connectivity index (χ4n) is 12.2. The Hall–Kier alpha value is -9.04. The van der Waals surface area contributed by atoms with Gasteiger partial charge in [0.2, 0.25) is 11.8 Å². The van der Waals surface area contributed by atoms with Crippen LogP contribution in [0, 0.1) is 48.8 Å². The minimum absolute atomic E-state index is 0.00693. The van der Waals surface area contributed by atoms with Gasteiger partial charge in [-0.3, -0.25) is 28.7 Å². The molecule has 4 aromatic carbocycles. The first-order valence-electron chi connectivity index (χ1n) is 27.9. The van der Waals surface area contributed by atoms with Crippen LogP contribution in [0.1, 0.15) is 62.0 Å². The van der Waals surface area contributed by atoms with Gasteiger partial charge in [0.05, 0.1) is 89.6 Å². The Bertz CT molecular complexity index is 4540. The van der Waals surface area contributed by atoms with Crippen LogP contribution < -0.4 is 21.2 Å². The van der Waals surface area contributed by atoms with Crippen LogP contribution in [0.2, 0.25) is 0 Å². The van der Waals surface area contributed by atoms with E-state index in [4.69, 9.17) is 0 Å². The normalized spacial score (nSPS) is 16.9. The van der Waals surface area contributed by atoms with Crippen LogP contribution in [0.5, 0.6) is 11.5 Å². The summed E-state index contributed by atoms with van der Waals surface area (Å²) in [4.78, 5) is 75.7. The Labute approximate surface area is 503 Å². The van der Waals surface area contributed by atoms with Gasteiger partial charge in [-0.1, -0.05) is 53.0 Å². The fourth-order valence-corrected chi connectivity index (χ4v) is 15.3. The van der Waals surface area contributed by atoms with Gasteiger partial charge in [-0.25, -0.2) is 44.3 Å². The highest BCUT2D eigenvalue weighted by molar-refractivity contribution is 7.99. The number of rotatable bonds is 8. The number of aryl methyl sites for hydroxylation is 2. The molecular formula is C62H56F6N10O8S2. The fraction of sp³-hybridized carbons (Fsp3) is 0.290. The third-order valence-corrected chi connectivity index (χ3v) is 19.3. The molecule has 0 bridgehead atoms. The van der Waals surface area contributed by atoms with Crippen molar-refractivity contribution in [1.82, 2.24) is 38.9 Å². The molecule has 26 heteroatoms. The van der Waals surface area contributed by atoms with E-state index in [-0.39, 0.29) is 95.4 Å². The number of thioether (sulfide) groups is 1. The second-order valence-electron chi connectivity index (χ2n) is 22.3. The molecule has 18 nitrogen and oxygen atoms in total. The van der Waals surface area contributed by atoms with Crippen molar-refractivity contribution in [2.24, 2.45) is 0 Å². The predicted molar refractivity (Wildman–Crippen MR) is 320 cm³/mol. The lowest BCUT2D eigenvalue weighted by atomic mass is 9.99. The molecule has 2 amide bonds. The molecular weight excluding hydrogens is 1190 g/mol. The van der Waals surface area contributed by atoms with Crippen LogP contribution >= 0.6 is 11.8 Å². The Kier molecular flexibility index (Phi) is 15.8. The number of pyridine rings is 2. The van der Waals surface area contributed by atoms with Crippen LogP contribution in [0.3, 0.4) is 0 Å². The van der Waals surface area contributed by atoms with Crippen molar-refractivity contribution >= 4 is 66.9 Å². The second-order valence-corrected chi connectivity index (χ2v) is 25.3. The summed E-state index contributed by atoms with van der Waals surface area (Å²) in [7, 11) is -4.69. The number of benzene rings is 4. The number of carbonyl (C=O) groups is 2. The molecule has 2 saturated heterocycles. The largest absolute Gasteiger partial charge is 0.507 e. The molecule has 2 fully saturated rings. The summed E-state index contributed by atoms with van der Waals surface area (Å²) in [5, 5.41) is 20.7. The van der Waals surface area contributed by atoms with Gasteiger partial charge in [-0.2, -0.15) is 9.97 Å². The molecule has 2 N–H and O–H groups in total. The van der Waals surface area contributed by atoms with E-state index in [1.165, 1.54) is 28.1 Å². The Morgan fingerprint density at radius 1 is 0.625 bits per heavy atom. The van der Waals surface area contributed by atoms with Crippen molar-refractivity contribution in [2.75, 3.05) is 60.6 Å². The number of sulfone groups is 1. The van der Waals surface area contributed by atoms with Crippen LogP contribution in [0.25, 0.3) is 55.4 Å². The molecule has 0 aliphatic carbocycles. The van der Waals surface area contributed by atoms with Crippen molar-refractivity contribution in [3.05, 3.63) is 165 Å². The number of carbonyl (C=O) groups excluding carboxylic acids is 2. The van der Waals surface area contributed by atoms with E-state index in [0.717, 1.165) is 57.3 Å². The van der Waals surface area contributed by atoms with E-state index in [1.54, 1.807) is 50.9 Å². The molecule has 4 aromatic heterocycles. The molecule has 4 aliphatic heterocycles. The monoisotopic (exact) mass is 1250 g/mol. The van der Waals surface area contributed by atoms with Gasteiger partial charge >= 0.3 is 11.4 Å². The zero-order chi connectivity index (χ0) is 63.3. The van der Waals surface area contributed by atoms with E-state index in [1.807, 2.05) is 18.7 Å². The maximum atomic E-state index is 17.1. The summed E-state index contributed by atoms with van der Waals surface area (Å²) in [6.45, 7) is 18.5. The van der Waals surface area contributed by atoms with Gasteiger partial charge < -0.3 is 29.8 Å². The highest BCUT2D eigenvalue weighted by Gasteiger charge is 2.45. The predicted octanol–water partition coefficient (Wildman–Crippen LogP) is 9.30. The topological polar surface area (TPSA) is 217 Å². The number of fused-ring (bicyclic) bond motifs is 4. The summed E-state index contributed by atoms with van der Waals surface area (Å²) >= 11 is 1.07. The molecule has 2 atom stereocenters. The zero-order valence-corrected chi connectivity index (χ0v) is 49.8. The SMILES string of the molecule is C=CC(=O)N1CCN2c3nc(=O)n(-c4c(C)ccnc4C(C)C)c4c(F)c(-c5c(O)cccc5F)c(F)c(c34)S(=O)(=O)CC2C1.C=CC(=O)N1CCN2c3nc(=O)n(-c4c(C)ccnc4C(C)C)c4c(F)c(-c5c(O)cccc5F)c(F)c(c34)SCC2C1. The Morgan fingerprint density at radius 3 is 1.53 bits per heavy atom. The third kappa shape index (κ3) is 9.79. The van der Waals surface area contributed by atoms with E-state index in [0.29, 0.717) is 34.7 Å². The standard InChI is InChI=1S/C31H28F3N5O5S.C31H28F3N5O3S/c1-5-20(41)37-11-12-38-17(13-37)14-45(43,44)29-23-28(24(33)22(25(29)34)21-18(32)7-6-8-19(21)40)39(31(42)36-30(23)38)27-16(4)9-10-35-26(27)15(2)3;1-5-20(41)37-11-12-38-17(13-37)14-43-29-23-28(24(33)22(25(29)34)21-18(32)7-6-8-19(21)40)39(31(42)36-30(23)38)27-16(4)9-10-35-26(27)15(2)3/h5-10,15,17,40H,1,11-14H2,2-4H3;5-10,15,17,40H,1,11-14H2,2-4H3. The highest BCUT2D eigenvalue weighted by atomic mass is 32.2. The van der Waals surface area contributed by atoms with Crippen molar-refractivity contribution in [3.8, 4) is 45.1 Å². The van der Waals surface area contributed by atoms with Crippen molar-refractivity contribution < 1.29 is 54.6 Å². The maximum absolute atomic E-state index is 17.1. The van der Waals surface area contributed by atoms with Crippen molar-refractivity contribution in [3.63, 3.8) is 0 Å². The lowest BCUT2D eigenvalue weighted by Crippen LogP contribution is -2.57. The molecule has 2 unspecified atom stereocenters. The van der Waals surface area contributed by atoms with Crippen molar-refractivity contribution in [1.29, 1.82) is 0 Å². The number of amides is 2. The van der Waals surface area contributed by atoms with E-state index >= 15 is 26.3 Å². The highest BCUT2D eigenvalue weighted by Crippen LogP contribution is 2.50. The molecule has 0 spiro atoms. The van der Waals surface area contributed by atoms with Gasteiger partial charge in [0, 0.05) is 57.4 Å². The Balaban J connectivity index is 0.000000182. The molecule has 8 heterocycles. The van der Waals surface area contributed by atoms with Crippen LogP contribution in [0.15, 0.2) is 106 Å². The van der Waals surface area contributed by atoms with Gasteiger partial charge in [-0.05, 0) is 85.4 Å². The van der Waals surface area contributed by atoms with Gasteiger partial charge in [0.25, 0.3) is 0 Å². The number of phenols is 2. The first-order chi connectivity index (χ1) is 41.8. The quantitative estimate of drug-likeness (QED) is 0.0823. The summed E-state index contributed by atoms with van der Waals surface area (Å²) < 4.78 is 128. The van der Waals surface area contributed by atoms with Gasteiger partial charge in [0.1, 0.15) is 45.5 Å². The number of piperazine rings is 2. The summed E-state index contributed by atoms with van der Waals surface area (Å²) in [6.07, 6.45) is 5.39. The van der Waals surface area contributed by atoms with Gasteiger partial charge in [-0.15, -0.1) is 11.8 Å². The van der Waals surface area contributed by atoms with Crippen LogP contribution in [-0.2, 0) is 19.4 Å². The lowest BCUT2D eigenvalue weighted by molar-refractivity contribution is -0.127. The number of aromatic hydroxyl groups is 2. The van der Waals surface area contributed by atoms with Gasteiger partial charge in [0.15, 0.2) is 27.3 Å². The Morgan fingerprint density at radius 2 is 1.07 bits per heavy atom.